The van der Waals surface area contributed by atoms with Crippen LogP contribution in [0.25, 0.3) is 0 Å². The molecule has 98 valence electrons. The Hall–Kier alpha value is -1.45. The van der Waals surface area contributed by atoms with Crippen molar-refractivity contribution in [2.45, 2.75) is 51.1 Å². The average molecular weight is 247 g/mol. The second-order valence-corrected chi connectivity index (χ2v) is 5.89. The van der Waals surface area contributed by atoms with Gasteiger partial charge in [-0.2, -0.15) is 0 Å². The summed E-state index contributed by atoms with van der Waals surface area (Å²) in [4.78, 5) is 12.3. The summed E-state index contributed by atoms with van der Waals surface area (Å²) in [6.45, 7) is 2.25. The maximum Gasteiger partial charge on any atom is 0.268 e. The molecule has 0 spiro atoms. The van der Waals surface area contributed by atoms with Gasteiger partial charge in [0.25, 0.3) is 5.91 Å². The molecule has 1 heterocycles. The van der Waals surface area contributed by atoms with E-state index in [1.807, 2.05) is 10.8 Å². The summed E-state index contributed by atoms with van der Waals surface area (Å²) in [5.74, 6) is 0.772. The van der Waals surface area contributed by atoms with Crippen LogP contribution in [0.4, 0.5) is 5.69 Å². The first-order valence-corrected chi connectivity index (χ1v) is 6.91. The molecule has 2 aliphatic carbocycles. The molecule has 3 rings (SSSR count). The molecule has 4 heteroatoms. The van der Waals surface area contributed by atoms with E-state index in [1.54, 1.807) is 6.07 Å². The number of nitrogens with zero attached hydrogens (tertiary/aromatic N) is 1. The van der Waals surface area contributed by atoms with E-state index in [2.05, 4.69) is 12.2 Å². The Labute approximate surface area is 108 Å². The smallest absolute Gasteiger partial charge is 0.268 e. The van der Waals surface area contributed by atoms with E-state index in [0.29, 0.717) is 17.8 Å². The highest BCUT2D eigenvalue weighted by atomic mass is 16.2. The van der Waals surface area contributed by atoms with Gasteiger partial charge < -0.3 is 15.6 Å². The topological polar surface area (TPSA) is 60.1 Å². The number of hydrogen-bond acceptors (Lipinski definition) is 2. The molecule has 2 fully saturated rings. The van der Waals surface area contributed by atoms with Gasteiger partial charge in [0.2, 0.25) is 0 Å². The number of rotatable bonds is 3. The number of amides is 1. The number of aromatic nitrogens is 1. The molecule has 1 aromatic rings. The number of nitrogens with two attached hydrogens (primary N) is 1. The largest absolute Gasteiger partial charge is 0.397 e. The van der Waals surface area contributed by atoms with Gasteiger partial charge in [-0.25, -0.2) is 0 Å². The van der Waals surface area contributed by atoms with Gasteiger partial charge >= 0.3 is 0 Å². The summed E-state index contributed by atoms with van der Waals surface area (Å²) in [7, 11) is 0. The van der Waals surface area contributed by atoms with Crippen LogP contribution in [0.2, 0.25) is 0 Å². The van der Waals surface area contributed by atoms with Gasteiger partial charge in [-0.15, -0.1) is 0 Å². The molecule has 4 nitrogen and oxygen atoms in total. The van der Waals surface area contributed by atoms with Gasteiger partial charge in [0, 0.05) is 18.3 Å². The summed E-state index contributed by atoms with van der Waals surface area (Å²) in [5, 5.41) is 3.15. The highest BCUT2D eigenvalue weighted by Crippen LogP contribution is 2.37. The Bertz CT molecular complexity index is 462. The van der Waals surface area contributed by atoms with Crippen LogP contribution < -0.4 is 11.1 Å². The maximum atomic E-state index is 12.3. The van der Waals surface area contributed by atoms with E-state index >= 15 is 0 Å². The van der Waals surface area contributed by atoms with Crippen molar-refractivity contribution in [1.82, 2.24) is 9.88 Å². The van der Waals surface area contributed by atoms with E-state index in [-0.39, 0.29) is 5.91 Å². The molecule has 0 aromatic carbocycles. The third-order valence-electron chi connectivity index (χ3n) is 4.07. The molecule has 2 saturated carbocycles. The first kappa shape index (κ1) is 11.6. The predicted octanol–water partition coefficient (Wildman–Crippen LogP) is 2.32. The van der Waals surface area contributed by atoms with Crippen molar-refractivity contribution in [1.29, 1.82) is 0 Å². The van der Waals surface area contributed by atoms with Gasteiger partial charge in [-0.1, -0.05) is 6.92 Å². The predicted molar refractivity (Wildman–Crippen MR) is 71.4 cm³/mol. The van der Waals surface area contributed by atoms with Crippen LogP contribution in [0.3, 0.4) is 0 Å². The number of nitrogen functional groups attached to an aromatic ring is 1. The first-order valence-electron chi connectivity index (χ1n) is 6.91. The fourth-order valence-electron chi connectivity index (χ4n) is 2.93. The standard InChI is InChI=1S/C14H21N3O/c1-9-2-3-11(6-9)16-14(18)13-7-10(15)8-17(13)12-4-5-12/h7-9,11-12H,2-6,15H2,1H3,(H,16,18). The zero-order valence-electron chi connectivity index (χ0n) is 10.9. The lowest BCUT2D eigenvalue weighted by molar-refractivity contribution is 0.0927. The summed E-state index contributed by atoms with van der Waals surface area (Å²) in [6, 6.07) is 2.63. The van der Waals surface area contributed by atoms with Crippen molar-refractivity contribution in [3.63, 3.8) is 0 Å². The lowest BCUT2D eigenvalue weighted by Crippen LogP contribution is -2.34. The van der Waals surface area contributed by atoms with Crippen LogP contribution in [-0.4, -0.2) is 16.5 Å². The van der Waals surface area contributed by atoms with E-state index < -0.39 is 0 Å². The molecule has 18 heavy (non-hydrogen) atoms. The van der Waals surface area contributed by atoms with Crippen molar-refractivity contribution in [3.05, 3.63) is 18.0 Å². The molecule has 2 aliphatic rings. The quantitative estimate of drug-likeness (QED) is 0.861. The van der Waals surface area contributed by atoms with Crippen molar-refractivity contribution in [2.24, 2.45) is 5.92 Å². The zero-order valence-corrected chi connectivity index (χ0v) is 10.9. The van der Waals surface area contributed by atoms with Gasteiger partial charge in [0.05, 0.1) is 5.69 Å². The highest BCUT2D eigenvalue weighted by molar-refractivity contribution is 5.94. The zero-order chi connectivity index (χ0) is 12.7. The summed E-state index contributed by atoms with van der Waals surface area (Å²) < 4.78 is 2.04. The van der Waals surface area contributed by atoms with E-state index in [1.165, 1.54) is 6.42 Å². The van der Waals surface area contributed by atoms with Crippen molar-refractivity contribution >= 4 is 11.6 Å². The number of nitrogens with one attached hydrogen (secondary N) is 1. The van der Waals surface area contributed by atoms with Gasteiger partial charge in [-0.3, -0.25) is 4.79 Å². The van der Waals surface area contributed by atoms with Gasteiger partial charge in [0.1, 0.15) is 5.69 Å². The Morgan fingerprint density at radius 3 is 2.78 bits per heavy atom. The molecule has 0 bridgehead atoms. The summed E-state index contributed by atoms with van der Waals surface area (Å²) in [6.07, 6.45) is 7.64. The Morgan fingerprint density at radius 1 is 1.39 bits per heavy atom. The molecular formula is C14H21N3O. The molecule has 0 saturated heterocycles. The van der Waals surface area contributed by atoms with Crippen LogP contribution in [0, 0.1) is 5.92 Å². The minimum absolute atomic E-state index is 0.0395. The van der Waals surface area contributed by atoms with Crippen LogP contribution in [0.5, 0.6) is 0 Å². The molecule has 0 radical (unpaired) electrons. The van der Waals surface area contributed by atoms with Crippen molar-refractivity contribution in [3.8, 4) is 0 Å². The Morgan fingerprint density at radius 2 is 2.17 bits per heavy atom. The lowest BCUT2D eigenvalue weighted by atomic mass is 10.1. The second kappa shape index (κ2) is 4.34. The molecule has 2 atom stereocenters. The van der Waals surface area contributed by atoms with Crippen molar-refractivity contribution < 1.29 is 4.79 Å². The van der Waals surface area contributed by atoms with Crippen LogP contribution in [0.1, 0.15) is 55.6 Å². The number of hydrogen-bond donors (Lipinski definition) is 2. The molecule has 1 amide bonds. The average Bonchev–Trinajstić information content (AvgIpc) is 2.98. The number of carbonyl (C=O) groups is 1. The normalized spacial score (nSPS) is 27.4. The van der Waals surface area contributed by atoms with E-state index in [9.17, 15) is 4.79 Å². The van der Waals surface area contributed by atoms with Crippen LogP contribution in [-0.2, 0) is 0 Å². The molecule has 1 aromatic heterocycles. The Kier molecular flexibility index (Phi) is 2.80. The fraction of sp³-hybridized carbons (Fsp3) is 0.643. The summed E-state index contributed by atoms with van der Waals surface area (Å²) >= 11 is 0. The van der Waals surface area contributed by atoms with E-state index in [4.69, 9.17) is 5.73 Å². The van der Waals surface area contributed by atoms with Crippen LogP contribution >= 0.6 is 0 Å². The SMILES string of the molecule is CC1CCC(NC(=O)c2cc(N)cn2C2CC2)C1. The molecule has 3 N–H and O–H groups in total. The number of anilines is 1. The maximum absolute atomic E-state index is 12.3. The fourth-order valence-corrected chi connectivity index (χ4v) is 2.93. The molecular weight excluding hydrogens is 226 g/mol. The van der Waals surface area contributed by atoms with Gasteiger partial charge in [0.15, 0.2) is 0 Å². The first-order chi connectivity index (χ1) is 8.63. The van der Waals surface area contributed by atoms with Gasteiger partial charge in [-0.05, 0) is 44.1 Å². The minimum Gasteiger partial charge on any atom is -0.397 e. The second-order valence-electron chi connectivity index (χ2n) is 5.89. The van der Waals surface area contributed by atoms with E-state index in [0.717, 1.165) is 37.3 Å². The Balaban J connectivity index is 1.71. The summed E-state index contributed by atoms with van der Waals surface area (Å²) in [5.41, 5.74) is 7.23. The highest BCUT2D eigenvalue weighted by Gasteiger charge is 2.29. The van der Waals surface area contributed by atoms with Crippen LogP contribution in [0.15, 0.2) is 12.3 Å². The minimum atomic E-state index is 0.0395. The molecule has 0 aliphatic heterocycles. The third-order valence-corrected chi connectivity index (χ3v) is 4.07. The monoisotopic (exact) mass is 247 g/mol. The molecule has 2 unspecified atom stereocenters. The third kappa shape index (κ3) is 2.24. The van der Waals surface area contributed by atoms with Crippen molar-refractivity contribution in [2.75, 3.05) is 5.73 Å². The lowest BCUT2D eigenvalue weighted by Gasteiger charge is -2.13. The number of carbonyl (C=O) groups excluding carboxylic acids is 1.